The van der Waals surface area contributed by atoms with Crippen LogP contribution in [0.2, 0.25) is 0 Å². The van der Waals surface area contributed by atoms with E-state index in [1.54, 1.807) is 31.4 Å². The van der Waals surface area contributed by atoms with Gasteiger partial charge in [0.05, 0.1) is 7.11 Å². The molecule has 0 aliphatic heterocycles. The third-order valence-corrected chi connectivity index (χ3v) is 3.34. The first-order valence-electron chi connectivity index (χ1n) is 5.59. The van der Waals surface area contributed by atoms with E-state index in [0.717, 1.165) is 11.1 Å². The molecule has 1 aromatic rings. The van der Waals surface area contributed by atoms with Gasteiger partial charge in [-0.25, -0.2) is 0 Å². The lowest BCUT2D eigenvalue weighted by atomic mass is 10.1. The lowest BCUT2D eigenvalue weighted by Gasteiger charge is -2.19. The summed E-state index contributed by atoms with van der Waals surface area (Å²) in [6.45, 7) is 4.17. The summed E-state index contributed by atoms with van der Waals surface area (Å²) >= 11 is 3.41. The molecule has 0 bridgehead atoms. The number of nitrogens with one attached hydrogen (secondary N) is 1. The van der Waals surface area contributed by atoms with E-state index in [0.29, 0.717) is 11.5 Å². The van der Waals surface area contributed by atoms with E-state index in [1.807, 2.05) is 0 Å². The smallest absolute Gasteiger partial charge is 0.251 e. The summed E-state index contributed by atoms with van der Waals surface area (Å²) in [6, 6.07) is 7.24. The molecule has 17 heavy (non-hydrogen) atoms. The second-order valence-corrected chi connectivity index (χ2v) is 4.85. The summed E-state index contributed by atoms with van der Waals surface area (Å²) in [4.78, 5) is 11.9. The average Bonchev–Trinajstić information content (AvgIpc) is 2.35. The largest absolute Gasteiger partial charge is 0.497 e. The Hall–Kier alpha value is -1.03. The molecule has 0 radical (unpaired) electrons. The zero-order valence-corrected chi connectivity index (χ0v) is 12.0. The van der Waals surface area contributed by atoms with Crippen molar-refractivity contribution in [2.45, 2.75) is 19.9 Å². The van der Waals surface area contributed by atoms with Gasteiger partial charge in [0.15, 0.2) is 0 Å². The normalized spacial score (nSPS) is 12.3. The number of amides is 1. The number of hydrogen-bond donors (Lipinski definition) is 1. The van der Waals surface area contributed by atoms with Gasteiger partial charge in [0, 0.05) is 16.9 Å². The quantitative estimate of drug-likeness (QED) is 0.849. The van der Waals surface area contributed by atoms with Gasteiger partial charge in [-0.15, -0.1) is 0 Å². The topological polar surface area (TPSA) is 38.3 Å². The van der Waals surface area contributed by atoms with Crippen LogP contribution in [0, 0.1) is 5.92 Å². The van der Waals surface area contributed by atoms with Crippen LogP contribution in [0.5, 0.6) is 5.75 Å². The summed E-state index contributed by atoms with van der Waals surface area (Å²) in [7, 11) is 1.61. The fourth-order valence-electron chi connectivity index (χ4n) is 1.38. The third-order valence-electron chi connectivity index (χ3n) is 2.64. The number of alkyl halides is 1. The van der Waals surface area contributed by atoms with Crippen LogP contribution in [0.25, 0.3) is 0 Å². The molecule has 4 heteroatoms. The highest BCUT2D eigenvalue weighted by molar-refractivity contribution is 9.09. The van der Waals surface area contributed by atoms with E-state index in [4.69, 9.17) is 4.74 Å². The fraction of sp³-hybridized carbons (Fsp3) is 0.462. The molecule has 1 unspecified atom stereocenters. The molecule has 1 N–H and O–H groups in total. The molecule has 0 aliphatic rings. The molecule has 1 aromatic carbocycles. The highest BCUT2D eigenvalue weighted by Gasteiger charge is 2.15. The first-order chi connectivity index (χ1) is 8.08. The Labute approximate surface area is 111 Å². The molecule has 0 saturated carbocycles. The molecule has 0 saturated heterocycles. The maximum absolute atomic E-state index is 11.9. The Morgan fingerprint density at radius 3 is 2.35 bits per heavy atom. The van der Waals surface area contributed by atoms with Crippen molar-refractivity contribution < 1.29 is 9.53 Å². The second kappa shape index (κ2) is 6.64. The lowest BCUT2D eigenvalue weighted by molar-refractivity contribution is 0.0931. The van der Waals surface area contributed by atoms with Gasteiger partial charge in [0.2, 0.25) is 0 Å². The number of hydrogen-bond acceptors (Lipinski definition) is 2. The minimum Gasteiger partial charge on any atom is -0.497 e. The van der Waals surface area contributed by atoms with Gasteiger partial charge in [-0.1, -0.05) is 29.8 Å². The van der Waals surface area contributed by atoms with Gasteiger partial charge in [-0.05, 0) is 30.2 Å². The van der Waals surface area contributed by atoms with Crippen LogP contribution in [-0.4, -0.2) is 24.4 Å². The van der Waals surface area contributed by atoms with Crippen molar-refractivity contribution in [3.63, 3.8) is 0 Å². The summed E-state index contributed by atoms with van der Waals surface area (Å²) in [5, 5.41) is 3.75. The number of rotatable bonds is 5. The molecular weight excluding hydrogens is 282 g/mol. The van der Waals surface area contributed by atoms with Crippen molar-refractivity contribution in [2.75, 3.05) is 12.4 Å². The first kappa shape index (κ1) is 14.0. The number of carbonyl (C=O) groups excluding carboxylic acids is 1. The van der Waals surface area contributed by atoms with Crippen LogP contribution >= 0.6 is 15.9 Å². The van der Waals surface area contributed by atoms with Gasteiger partial charge in [-0.3, -0.25) is 4.79 Å². The SMILES string of the molecule is COc1ccc(C(=O)NC(CBr)C(C)C)cc1. The van der Waals surface area contributed by atoms with Crippen LogP contribution < -0.4 is 10.1 Å². The maximum atomic E-state index is 11.9. The molecule has 0 aromatic heterocycles. The predicted octanol–water partition coefficient (Wildman–Crippen LogP) is 2.84. The van der Waals surface area contributed by atoms with Gasteiger partial charge >= 0.3 is 0 Å². The van der Waals surface area contributed by atoms with Crippen molar-refractivity contribution in [1.29, 1.82) is 0 Å². The first-order valence-corrected chi connectivity index (χ1v) is 6.71. The van der Waals surface area contributed by atoms with E-state index < -0.39 is 0 Å². The number of benzene rings is 1. The maximum Gasteiger partial charge on any atom is 0.251 e. The van der Waals surface area contributed by atoms with Gasteiger partial charge in [-0.2, -0.15) is 0 Å². The second-order valence-electron chi connectivity index (χ2n) is 4.21. The van der Waals surface area contributed by atoms with Crippen molar-refractivity contribution in [2.24, 2.45) is 5.92 Å². The molecule has 1 atom stereocenters. The molecule has 1 amide bonds. The third kappa shape index (κ3) is 4.04. The minimum absolute atomic E-state index is 0.0502. The molecule has 3 nitrogen and oxygen atoms in total. The van der Waals surface area contributed by atoms with Crippen LogP contribution in [0.4, 0.5) is 0 Å². The highest BCUT2D eigenvalue weighted by Crippen LogP contribution is 2.12. The van der Waals surface area contributed by atoms with Crippen LogP contribution in [-0.2, 0) is 0 Å². The van der Waals surface area contributed by atoms with Gasteiger partial charge in [0.25, 0.3) is 5.91 Å². The van der Waals surface area contributed by atoms with Gasteiger partial charge in [0.1, 0.15) is 5.75 Å². The van der Waals surface area contributed by atoms with E-state index in [9.17, 15) is 4.79 Å². The predicted molar refractivity (Wildman–Crippen MR) is 72.9 cm³/mol. The zero-order valence-electron chi connectivity index (χ0n) is 10.4. The summed E-state index contributed by atoms with van der Waals surface area (Å²) in [5.41, 5.74) is 0.650. The van der Waals surface area contributed by atoms with Crippen molar-refractivity contribution in [3.8, 4) is 5.75 Å². The van der Waals surface area contributed by atoms with Crippen molar-refractivity contribution in [1.82, 2.24) is 5.32 Å². The molecule has 0 aliphatic carbocycles. The Balaban J connectivity index is 2.68. The average molecular weight is 300 g/mol. The Morgan fingerprint density at radius 1 is 1.35 bits per heavy atom. The van der Waals surface area contributed by atoms with E-state index in [1.165, 1.54) is 0 Å². The number of ether oxygens (including phenoxy) is 1. The number of halogens is 1. The molecule has 0 heterocycles. The van der Waals surface area contributed by atoms with Gasteiger partial charge < -0.3 is 10.1 Å². The number of carbonyl (C=O) groups is 1. The number of methoxy groups -OCH3 is 1. The van der Waals surface area contributed by atoms with Crippen LogP contribution in [0.1, 0.15) is 24.2 Å². The highest BCUT2D eigenvalue weighted by atomic mass is 79.9. The van der Waals surface area contributed by atoms with E-state index in [2.05, 4.69) is 35.1 Å². The van der Waals surface area contributed by atoms with Crippen molar-refractivity contribution in [3.05, 3.63) is 29.8 Å². The van der Waals surface area contributed by atoms with E-state index >= 15 is 0 Å². The molecular formula is C13H18BrNO2. The Kier molecular flexibility index (Phi) is 5.48. The molecule has 94 valence electrons. The summed E-state index contributed by atoms with van der Waals surface area (Å²) in [6.07, 6.45) is 0. The monoisotopic (exact) mass is 299 g/mol. The Morgan fingerprint density at radius 2 is 1.94 bits per heavy atom. The molecule has 0 spiro atoms. The lowest BCUT2D eigenvalue weighted by Crippen LogP contribution is -2.39. The van der Waals surface area contributed by atoms with E-state index in [-0.39, 0.29) is 11.9 Å². The standard InChI is InChI=1S/C13H18BrNO2/c1-9(2)12(8-14)15-13(16)10-4-6-11(17-3)7-5-10/h4-7,9,12H,8H2,1-3H3,(H,15,16). The van der Waals surface area contributed by atoms with Crippen LogP contribution in [0.3, 0.4) is 0 Å². The molecule has 1 rings (SSSR count). The Bertz CT molecular complexity index is 362. The minimum atomic E-state index is -0.0502. The van der Waals surface area contributed by atoms with Crippen molar-refractivity contribution >= 4 is 21.8 Å². The zero-order chi connectivity index (χ0) is 12.8. The summed E-state index contributed by atoms with van der Waals surface area (Å²) < 4.78 is 5.05. The fourth-order valence-corrected chi connectivity index (χ4v) is 2.29. The van der Waals surface area contributed by atoms with Crippen LogP contribution in [0.15, 0.2) is 24.3 Å². The molecule has 0 fully saturated rings. The summed E-state index contributed by atoms with van der Waals surface area (Å²) in [5.74, 6) is 1.10.